The van der Waals surface area contributed by atoms with E-state index in [4.69, 9.17) is 11.6 Å². The van der Waals surface area contributed by atoms with Gasteiger partial charge in [-0.3, -0.25) is 10.1 Å². The number of halogens is 1. The van der Waals surface area contributed by atoms with Gasteiger partial charge in [-0.1, -0.05) is 38.8 Å². The molecule has 0 bridgehead atoms. The van der Waals surface area contributed by atoms with Crippen LogP contribution < -0.4 is 0 Å². The van der Waals surface area contributed by atoms with E-state index in [2.05, 4.69) is 12.0 Å². The van der Waals surface area contributed by atoms with E-state index in [-0.39, 0.29) is 16.8 Å². The molecule has 0 saturated heterocycles. The van der Waals surface area contributed by atoms with E-state index in [0.29, 0.717) is 12.2 Å². The lowest BCUT2D eigenvalue weighted by atomic mass is 10.1. The summed E-state index contributed by atoms with van der Waals surface area (Å²) < 4.78 is 1.53. The van der Waals surface area contributed by atoms with Crippen LogP contribution in [0.3, 0.4) is 0 Å². The number of aromatic nitrogens is 2. The van der Waals surface area contributed by atoms with Gasteiger partial charge in [0.15, 0.2) is 0 Å². The van der Waals surface area contributed by atoms with Crippen molar-refractivity contribution < 1.29 is 4.92 Å². The van der Waals surface area contributed by atoms with Crippen molar-refractivity contribution in [2.24, 2.45) is 0 Å². The van der Waals surface area contributed by atoms with Crippen molar-refractivity contribution in [3.63, 3.8) is 0 Å². The highest BCUT2D eigenvalue weighted by Crippen LogP contribution is 2.32. The zero-order chi connectivity index (χ0) is 12.3. The first-order valence-electron chi connectivity index (χ1n) is 5.39. The Morgan fingerprint density at radius 1 is 1.56 bits per heavy atom. The largest absolute Gasteiger partial charge is 0.329 e. The molecule has 0 aliphatic heterocycles. The fraction of sp³-hybridized carbons (Fsp3) is 0.700. The molecule has 0 saturated carbocycles. The van der Waals surface area contributed by atoms with E-state index in [0.717, 1.165) is 12.8 Å². The third-order valence-corrected chi connectivity index (χ3v) is 2.72. The van der Waals surface area contributed by atoms with Crippen LogP contribution in [0, 0.1) is 10.1 Å². The summed E-state index contributed by atoms with van der Waals surface area (Å²) >= 11 is 5.96. The lowest BCUT2D eigenvalue weighted by Gasteiger charge is -1.99. The highest BCUT2D eigenvalue weighted by molar-refractivity contribution is 6.31. The quantitative estimate of drug-likeness (QED) is 0.590. The van der Waals surface area contributed by atoms with Crippen LogP contribution in [-0.2, 0) is 6.54 Å². The number of aryl methyl sites for hydroxylation is 1. The molecule has 16 heavy (non-hydrogen) atoms. The maximum absolute atomic E-state index is 10.9. The highest BCUT2D eigenvalue weighted by Gasteiger charge is 2.27. The smallest absolute Gasteiger partial charge is 0.258 e. The van der Waals surface area contributed by atoms with Gasteiger partial charge in [-0.05, 0) is 6.42 Å². The van der Waals surface area contributed by atoms with Crippen LogP contribution in [0.2, 0.25) is 5.15 Å². The van der Waals surface area contributed by atoms with Crippen molar-refractivity contribution in [1.29, 1.82) is 0 Å². The van der Waals surface area contributed by atoms with Crippen molar-refractivity contribution in [2.45, 2.75) is 46.1 Å². The first kappa shape index (κ1) is 13.0. The summed E-state index contributed by atoms with van der Waals surface area (Å²) in [4.78, 5) is 10.5. The topological polar surface area (TPSA) is 61.0 Å². The lowest BCUT2D eigenvalue weighted by molar-refractivity contribution is -0.385. The van der Waals surface area contributed by atoms with Gasteiger partial charge in [-0.15, -0.1) is 0 Å². The van der Waals surface area contributed by atoms with Crippen LogP contribution in [-0.4, -0.2) is 14.7 Å². The molecular weight excluding hydrogens is 230 g/mol. The van der Waals surface area contributed by atoms with Crippen molar-refractivity contribution in [1.82, 2.24) is 9.78 Å². The minimum Gasteiger partial charge on any atom is -0.258 e. The molecule has 0 fully saturated rings. The van der Waals surface area contributed by atoms with E-state index in [9.17, 15) is 10.1 Å². The summed E-state index contributed by atoms with van der Waals surface area (Å²) in [5, 5.41) is 15.3. The van der Waals surface area contributed by atoms with E-state index < -0.39 is 4.92 Å². The average Bonchev–Trinajstić information content (AvgIpc) is 2.53. The summed E-state index contributed by atoms with van der Waals surface area (Å²) in [6.07, 6.45) is 1.91. The lowest BCUT2D eigenvalue weighted by Crippen LogP contribution is -2.01. The van der Waals surface area contributed by atoms with Crippen LogP contribution in [0.5, 0.6) is 0 Å². The monoisotopic (exact) mass is 245 g/mol. The number of hydrogen-bond acceptors (Lipinski definition) is 3. The number of hydrogen-bond donors (Lipinski definition) is 0. The van der Waals surface area contributed by atoms with Crippen molar-refractivity contribution in [3.8, 4) is 0 Å². The molecule has 90 valence electrons. The fourth-order valence-electron chi connectivity index (χ4n) is 1.46. The summed E-state index contributed by atoms with van der Waals surface area (Å²) in [6, 6.07) is 0. The van der Waals surface area contributed by atoms with Gasteiger partial charge in [-0.25, -0.2) is 4.68 Å². The molecular formula is C10H16ClN3O2. The third kappa shape index (κ3) is 2.52. The normalized spacial score (nSPS) is 11.1. The number of unbranched alkanes of at least 4 members (excludes halogenated alkanes) is 1. The van der Waals surface area contributed by atoms with Crippen LogP contribution >= 0.6 is 11.6 Å². The van der Waals surface area contributed by atoms with Crippen LogP contribution in [0.15, 0.2) is 0 Å². The van der Waals surface area contributed by atoms with Gasteiger partial charge in [0.1, 0.15) is 5.69 Å². The van der Waals surface area contributed by atoms with Gasteiger partial charge in [0.2, 0.25) is 5.15 Å². The van der Waals surface area contributed by atoms with Crippen molar-refractivity contribution in [3.05, 3.63) is 21.0 Å². The Balaban J connectivity index is 3.14. The fourth-order valence-corrected chi connectivity index (χ4v) is 1.75. The molecule has 1 aromatic rings. The predicted molar refractivity (Wildman–Crippen MR) is 62.9 cm³/mol. The van der Waals surface area contributed by atoms with E-state index in [1.807, 2.05) is 13.8 Å². The first-order valence-corrected chi connectivity index (χ1v) is 5.77. The number of rotatable bonds is 5. The Kier molecular flexibility index (Phi) is 4.29. The molecule has 0 atom stereocenters. The molecule has 1 aromatic heterocycles. The average molecular weight is 246 g/mol. The summed E-state index contributed by atoms with van der Waals surface area (Å²) in [5.41, 5.74) is 0.416. The van der Waals surface area contributed by atoms with E-state index >= 15 is 0 Å². The molecule has 0 aliphatic rings. The molecule has 0 unspecified atom stereocenters. The Hall–Kier alpha value is -1.10. The third-order valence-electron chi connectivity index (χ3n) is 2.35. The van der Waals surface area contributed by atoms with Crippen LogP contribution in [0.25, 0.3) is 0 Å². The molecule has 1 rings (SSSR count). The zero-order valence-electron chi connectivity index (χ0n) is 9.73. The minimum atomic E-state index is -0.451. The molecule has 5 nitrogen and oxygen atoms in total. The van der Waals surface area contributed by atoms with Crippen LogP contribution in [0.1, 0.15) is 45.2 Å². The minimum absolute atomic E-state index is 0.000719. The van der Waals surface area contributed by atoms with Gasteiger partial charge in [0.25, 0.3) is 0 Å². The first-order chi connectivity index (χ1) is 7.49. The standard InChI is InChI=1S/C10H16ClN3O2/c1-4-5-6-13-10(11)9(14(15)16)8(12-13)7(2)3/h7H,4-6H2,1-3H3. The van der Waals surface area contributed by atoms with Gasteiger partial charge >= 0.3 is 5.69 Å². The van der Waals surface area contributed by atoms with E-state index in [1.165, 1.54) is 4.68 Å². The maximum Gasteiger partial charge on any atom is 0.329 e. The molecule has 0 amide bonds. The molecule has 0 spiro atoms. The summed E-state index contributed by atoms with van der Waals surface area (Å²) in [7, 11) is 0. The highest BCUT2D eigenvalue weighted by atomic mass is 35.5. The molecule has 0 N–H and O–H groups in total. The zero-order valence-corrected chi connectivity index (χ0v) is 10.5. The number of nitrogens with zero attached hydrogens (tertiary/aromatic N) is 3. The van der Waals surface area contributed by atoms with Gasteiger partial charge < -0.3 is 0 Å². The number of nitro groups is 1. The van der Waals surface area contributed by atoms with Crippen molar-refractivity contribution >= 4 is 17.3 Å². The van der Waals surface area contributed by atoms with Gasteiger partial charge in [0, 0.05) is 12.5 Å². The molecule has 0 aromatic carbocycles. The second-order valence-electron chi connectivity index (χ2n) is 4.01. The Morgan fingerprint density at radius 2 is 2.19 bits per heavy atom. The second kappa shape index (κ2) is 5.30. The molecule has 1 heterocycles. The molecule has 0 radical (unpaired) electrons. The van der Waals surface area contributed by atoms with Gasteiger partial charge in [0.05, 0.1) is 4.92 Å². The van der Waals surface area contributed by atoms with Crippen LogP contribution in [0.4, 0.5) is 5.69 Å². The Labute approximate surface area is 99.5 Å². The summed E-state index contributed by atoms with van der Waals surface area (Å²) in [5.74, 6) is 0.000719. The Bertz CT molecular complexity index is 388. The summed E-state index contributed by atoms with van der Waals surface area (Å²) in [6.45, 7) is 6.42. The van der Waals surface area contributed by atoms with E-state index in [1.54, 1.807) is 0 Å². The van der Waals surface area contributed by atoms with Crippen molar-refractivity contribution in [2.75, 3.05) is 0 Å². The Morgan fingerprint density at radius 3 is 2.56 bits per heavy atom. The molecule has 6 heteroatoms. The SMILES string of the molecule is CCCCn1nc(C(C)C)c([N+](=O)[O-])c1Cl. The second-order valence-corrected chi connectivity index (χ2v) is 4.37. The maximum atomic E-state index is 10.9. The molecule has 0 aliphatic carbocycles. The van der Waals surface area contributed by atoms with Gasteiger partial charge in [-0.2, -0.15) is 5.10 Å². The predicted octanol–water partition coefficient (Wildman–Crippen LogP) is 3.37.